The summed E-state index contributed by atoms with van der Waals surface area (Å²) < 4.78 is 43.5. The maximum Gasteiger partial charge on any atom is 0.418 e. The minimum absolute atomic E-state index is 0.0629. The van der Waals surface area contributed by atoms with Gasteiger partial charge in [-0.1, -0.05) is 36.4 Å². The lowest BCUT2D eigenvalue weighted by molar-refractivity contribution is -0.137. The lowest BCUT2D eigenvalue weighted by atomic mass is 9.96. The number of aromatic nitrogens is 2. The molecule has 206 valence electrons. The number of alkyl halides is 3. The molecule has 0 saturated carbocycles. The molecule has 2 aromatic heterocycles. The first-order valence-corrected chi connectivity index (χ1v) is 13.2. The number of pyridine rings is 1. The lowest BCUT2D eigenvalue weighted by Crippen LogP contribution is -2.32. The number of halogens is 3. The summed E-state index contributed by atoms with van der Waals surface area (Å²) in [5.41, 5.74) is 2.91. The molecule has 40 heavy (non-hydrogen) atoms. The summed E-state index contributed by atoms with van der Waals surface area (Å²) in [5.74, 6) is -0.168. The molecule has 1 saturated heterocycles. The summed E-state index contributed by atoms with van der Waals surface area (Å²) in [6.07, 6.45) is -2.65. The molecule has 0 radical (unpaired) electrons. The van der Waals surface area contributed by atoms with Crippen molar-refractivity contribution in [2.45, 2.75) is 38.5 Å². The summed E-state index contributed by atoms with van der Waals surface area (Å²) in [6, 6.07) is 21.5. The molecule has 0 bridgehead atoms. The Kier molecular flexibility index (Phi) is 7.62. The second-order valence-electron chi connectivity index (χ2n) is 9.66. The van der Waals surface area contributed by atoms with Crippen LogP contribution < -0.4 is 10.6 Å². The van der Waals surface area contributed by atoms with Crippen LogP contribution in [0, 0.1) is 13.8 Å². The molecule has 4 aromatic rings. The highest BCUT2D eigenvalue weighted by Crippen LogP contribution is 2.42. The molecule has 5 rings (SSSR count). The number of aryl methyl sites for hydroxylation is 1. The fourth-order valence-electron chi connectivity index (χ4n) is 5.32. The van der Waals surface area contributed by atoms with E-state index in [-0.39, 0.29) is 24.1 Å². The van der Waals surface area contributed by atoms with E-state index in [2.05, 4.69) is 15.6 Å². The Morgan fingerprint density at radius 2 is 1.73 bits per heavy atom. The molecule has 1 amide bonds. The molecular weight excluding hydrogens is 535 g/mol. The Hall–Kier alpha value is -4.18. The van der Waals surface area contributed by atoms with Gasteiger partial charge in [0, 0.05) is 36.2 Å². The van der Waals surface area contributed by atoms with Crippen molar-refractivity contribution in [3.05, 3.63) is 113 Å². The van der Waals surface area contributed by atoms with Crippen molar-refractivity contribution in [2.24, 2.45) is 0 Å². The highest BCUT2D eigenvalue weighted by atomic mass is 32.1. The third-order valence-corrected chi connectivity index (χ3v) is 7.43. The van der Waals surface area contributed by atoms with E-state index >= 15 is 0 Å². The molecule has 1 aliphatic rings. The van der Waals surface area contributed by atoms with Crippen LogP contribution in [0.1, 0.15) is 46.7 Å². The Morgan fingerprint density at radius 3 is 2.42 bits per heavy atom. The number of thiocarbonyl (C=S) groups is 1. The molecule has 0 aliphatic carbocycles. The second-order valence-corrected chi connectivity index (χ2v) is 10.0. The zero-order valence-electron chi connectivity index (χ0n) is 21.9. The van der Waals surface area contributed by atoms with Crippen LogP contribution in [0.4, 0.5) is 18.9 Å². The van der Waals surface area contributed by atoms with Crippen LogP contribution in [0.5, 0.6) is 0 Å². The van der Waals surface area contributed by atoms with Crippen LogP contribution in [0.3, 0.4) is 0 Å². The van der Waals surface area contributed by atoms with E-state index in [1.54, 1.807) is 23.8 Å². The van der Waals surface area contributed by atoms with E-state index in [1.165, 1.54) is 12.1 Å². The fraction of sp³-hybridized carbons (Fsp3) is 0.233. The zero-order chi connectivity index (χ0) is 28.4. The molecule has 1 fully saturated rings. The lowest BCUT2D eigenvalue weighted by Gasteiger charge is -2.28. The maximum absolute atomic E-state index is 13.9. The van der Waals surface area contributed by atoms with E-state index in [1.807, 2.05) is 66.4 Å². The van der Waals surface area contributed by atoms with Gasteiger partial charge >= 0.3 is 6.18 Å². The predicted octanol–water partition coefficient (Wildman–Crippen LogP) is 6.51. The summed E-state index contributed by atoms with van der Waals surface area (Å²) >= 11 is 5.72. The number of nitrogens with zero attached hydrogens (tertiary/aromatic N) is 3. The monoisotopic (exact) mass is 563 g/mol. The molecular formula is C30H28F3N5OS. The Labute approximate surface area is 235 Å². The van der Waals surface area contributed by atoms with Crippen LogP contribution in [-0.4, -0.2) is 32.0 Å². The number of nitrogens with one attached hydrogen (secondary N) is 2. The molecule has 2 aromatic carbocycles. The van der Waals surface area contributed by atoms with Gasteiger partial charge in [-0.3, -0.25) is 9.78 Å². The smallest absolute Gasteiger partial charge is 0.352 e. The minimum Gasteiger partial charge on any atom is -0.352 e. The van der Waals surface area contributed by atoms with E-state index in [0.29, 0.717) is 28.7 Å². The SMILES string of the molecule is Cc1cc([C@H]2[C@H](c3ccccn3)NC(=S)N2CCC(=O)Nc2ccccc2)c(C)n1-c1ccccc1C(F)(F)F. The molecule has 0 unspecified atom stereocenters. The molecule has 0 spiro atoms. The summed E-state index contributed by atoms with van der Waals surface area (Å²) in [7, 11) is 0. The number of anilines is 1. The van der Waals surface area contributed by atoms with Crippen molar-refractivity contribution in [2.75, 3.05) is 11.9 Å². The third kappa shape index (κ3) is 5.44. The normalized spacial score (nSPS) is 17.1. The number of rotatable bonds is 7. The van der Waals surface area contributed by atoms with E-state index < -0.39 is 17.8 Å². The van der Waals surface area contributed by atoms with Crippen LogP contribution in [0.2, 0.25) is 0 Å². The third-order valence-electron chi connectivity index (χ3n) is 7.07. The number of para-hydroxylation sites is 2. The van der Waals surface area contributed by atoms with Gasteiger partial charge in [0.15, 0.2) is 5.11 Å². The van der Waals surface area contributed by atoms with Crippen LogP contribution >= 0.6 is 12.2 Å². The van der Waals surface area contributed by atoms with Gasteiger partial charge in [0.1, 0.15) is 0 Å². The fourth-order valence-corrected chi connectivity index (χ4v) is 5.65. The number of hydrogen-bond acceptors (Lipinski definition) is 3. The first-order valence-electron chi connectivity index (χ1n) is 12.8. The zero-order valence-corrected chi connectivity index (χ0v) is 22.8. The summed E-state index contributed by atoms with van der Waals surface area (Å²) in [5, 5.41) is 6.69. The average molecular weight is 564 g/mol. The van der Waals surface area contributed by atoms with Gasteiger partial charge < -0.3 is 20.1 Å². The molecule has 2 N–H and O–H groups in total. The number of carbonyl (C=O) groups excluding carboxylic acids is 1. The number of carbonyl (C=O) groups is 1. The van der Waals surface area contributed by atoms with Gasteiger partial charge in [-0.2, -0.15) is 13.2 Å². The van der Waals surface area contributed by atoms with Crippen molar-refractivity contribution in [1.29, 1.82) is 0 Å². The van der Waals surface area contributed by atoms with Crippen molar-refractivity contribution < 1.29 is 18.0 Å². The first-order chi connectivity index (χ1) is 19.1. The molecule has 1 aliphatic heterocycles. The van der Waals surface area contributed by atoms with Crippen molar-refractivity contribution in [3.8, 4) is 5.69 Å². The quantitative estimate of drug-likeness (QED) is 0.251. The van der Waals surface area contributed by atoms with Gasteiger partial charge in [-0.05, 0) is 74.1 Å². The summed E-state index contributed by atoms with van der Waals surface area (Å²) in [6.45, 7) is 3.91. The molecule has 6 nitrogen and oxygen atoms in total. The van der Waals surface area contributed by atoms with Crippen LogP contribution in [-0.2, 0) is 11.0 Å². The average Bonchev–Trinajstić information content (AvgIpc) is 3.42. The van der Waals surface area contributed by atoms with Crippen LogP contribution in [0.25, 0.3) is 5.69 Å². The topological polar surface area (TPSA) is 62.2 Å². The largest absolute Gasteiger partial charge is 0.418 e. The van der Waals surface area contributed by atoms with Crippen molar-refractivity contribution in [3.63, 3.8) is 0 Å². The van der Waals surface area contributed by atoms with Gasteiger partial charge in [-0.15, -0.1) is 0 Å². The van der Waals surface area contributed by atoms with Gasteiger partial charge in [-0.25, -0.2) is 0 Å². The highest BCUT2D eigenvalue weighted by Gasteiger charge is 2.42. The van der Waals surface area contributed by atoms with E-state index in [0.717, 1.165) is 17.3 Å². The standard InChI is InChI=1S/C30H28F3N5OS/c1-19-18-22(20(2)38(19)25-14-7-6-12-23(25)30(31,32)33)28-27(24-13-8-9-16-34-24)36-29(40)37(28)17-15-26(39)35-21-10-4-3-5-11-21/h3-14,16,18,27-28H,15,17H2,1-2H3,(H,35,39)(H,36,40)/t27-,28-/m0/s1. The van der Waals surface area contributed by atoms with E-state index in [4.69, 9.17) is 12.2 Å². The molecule has 3 heterocycles. The Balaban J connectivity index is 1.52. The molecule has 2 atom stereocenters. The molecule has 10 heteroatoms. The van der Waals surface area contributed by atoms with Crippen molar-refractivity contribution >= 4 is 28.9 Å². The Morgan fingerprint density at radius 1 is 1.02 bits per heavy atom. The minimum atomic E-state index is -4.51. The predicted molar refractivity (Wildman–Crippen MR) is 152 cm³/mol. The number of hydrogen-bond donors (Lipinski definition) is 2. The van der Waals surface area contributed by atoms with Gasteiger partial charge in [0.25, 0.3) is 0 Å². The highest BCUT2D eigenvalue weighted by molar-refractivity contribution is 7.80. The maximum atomic E-state index is 13.9. The van der Waals surface area contributed by atoms with Gasteiger partial charge in [0.05, 0.1) is 29.0 Å². The van der Waals surface area contributed by atoms with E-state index in [9.17, 15) is 18.0 Å². The first kappa shape index (κ1) is 27.4. The number of amides is 1. The Bertz CT molecular complexity index is 1520. The van der Waals surface area contributed by atoms with Crippen molar-refractivity contribution in [1.82, 2.24) is 19.8 Å². The number of benzene rings is 2. The van der Waals surface area contributed by atoms with Crippen LogP contribution in [0.15, 0.2) is 85.1 Å². The second kappa shape index (κ2) is 11.1. The summed E-state index contributed by atoms with van der Waals surface area (Å²) in [4.78, 5) is 19.3. The van der Waals surface area contributed by atoms with Gasteiger partial charge in [0.2, 0.25) is 5.91 Å².